The summed E-state index contributed by atoms with van der Waals surface area (Å²) >= 11 is 37.4. The monoisotopic (exact) mass is 660 g/mol. The van der Waals surface area contributed by atoms with Gasteiger partial charge in [0, 0.05) is 47.4 Å². The first-order valence-corrected chi connectivity index (χ1v) is 20.3. The molecule has 0 amide bonds. The molecule has 0 fully saturated rings. The maximum absolute atomic E-state index is 12.6. The lowest BCUT2D eigenvalue weighted by molar-refractivity contribution is -0.138. The molecule has 0 aliphatic rings. The topological polar surface area (TPSA) is 52.6 Å². The van der Waals surface area contributed by atoms with Crippen LogP contribution in [0.15, 0.2) is 12.2 Å². The molecule has 0 spiro atoms. The molecule has 0 aliphatic carbocycles. The second kappa shape index (κ2) is 18.2. The average molecular weight is 663 g/mol. The van der Waals surface area contributed by atoms with E-state index in [1.54, 1.807) is 0 Å². The minimum atomic E-state index is -2.34. The summed E-state index contributed by atoms with van der Waals surface area (Å²) in [6.45, 7) is 12.4. The van der Waals surface area contributed by atoms with Crippen LogP contribution >= 0.6 is 69.6 Å². The van der Waals surface area contributed by atoms with E-state index in [0.717, 1.165) is 12.2 Å². The maximum atomic E-state index is 12.6. The van der Waals surface area contributed by atoms with Gasteiger partial charge in [0.25, 0.3) is 0 Å². The van der Waals surface area contributed by atoms with Crippen molar-refractivity contribution in [2.75, 3.05) is 47.7 Å². The van der Waals surface area contributed by atoms with Gasteiger partial charge in [0.15, 0.2) is 0 Å². The molecule has 36 heavy (non-hydrogen) atoms. The molecule has 0 N–H and O–H groups in total. The van der Waals surface area contributed by atoms with Gasteiger partial charge in [-0.1, -0.05) is 41.5 Å². The van der Waals surface area contributed by atoms with Crippen molar-refractivity contribution in [1.82, 2.24) is 0 Å². The summed E-state index contributed by atoms with van der Waals surface area (Å²) in [6, 6.07) is 0. The zero-order valence-corrected chi connectivity index (χ0v) is 28.7. The summed E-state index contributed by atoms with van der Waals surface area (Å²) < 4.78 is 11.3. The fourth-order valence-corrected chi connectivity index (χ4v) is 20.5. The maximum Gasteiger partial charge on any atom is 0.330 e. The summed E-state index contributed by atoms with van der Waals surface area (Å²) in [7, 11) is -4.67. The van der Waals surface area contributed by atoms with Crippen molar-refractivity contribution >= 4 is 97.7 Å². The molecule has 0 aromatic carbocycles. The lowest BCUT2D eigenvalue weighted by Crippen LogP contribution is -2.53. The van der Waals surface area contributed by atoms with Crippen molar-refractivity contribution in [2.24, 2.45) is 0 Å². The average Bonchev–Trinajstić information content (AvgIpc) is 2.90. The van der Waals surface area contributed by atoms with Crippen LogP contribution in [0.2, 0.25) is 33.2 Å². The van der Waals surface area contributed by atoms with Gasteiger partial charge in [-0.15, -0.1) is 69.6 Å². The van der Waals surface area contributed by atoms with E-state index in [4.69, 9.17) is 79.1 Å². The minimum Gasteiger partial charge on any atom is -0.466 e. The van der Waals surface area contributed by atoms with E-state index < -0.39 is 28.1 Å². The molecule has 12 heteroatoms. The Bertz CT molecular complexity index is 590. The molecular formula is C24H42Cl6O4Si2. The highest BCUT2D eigenvalue weighted by Crippen LogP contribution is 2.45. The van der Waals surface area contributed by atoms with Crippen molar-refractivity contribution in [1.29, 1.82) is 0 Å². The van der Waals surface area contributed by atoms with Gasteiger partial charge < -0.3 is 9.47 Å². The molecule has 0 aromatic rings. The van der Waals surface area contributed by atoms with E-state index in [1.807, 2.05) is 0 Å². The summed E-state index contributed by atoms with van der Waals surface area (Å²) in [5, 5.41) is 0. The Morgan fingerprint density at radius 3 is 0.889 bits per heavy atom. The SMILES string of the molecule is CC(CCl)[Si](COC(=O)/C=C/C(=O)OC[Si](C(C)CCl)(C(C)CCl)C(C)CCl)(C(C)CCl)C(C)CCl. The van der Waals surface area contributed by atoms with Crippen molar-refractivity contribution in [3.8, 4) is 0 Å². The van der Waals surface area contributed by atoms with Gasteiger partial charge in [-0.25, -0.2) is 9.59 Å². The Labute approximate surface area is 250 Å². The molecule has 0 aromatic heterocycles. The Hall–Kier alpha value is 0.854. The van der Waals surface area contributed by atoms with Gasteiger partial charge in [-0.3, -0.25) is 0 Å². The first-order valence-electron chi connectivity index (χ1n) is 12.3. The molecule has 0 aliphatic heterocycles. The smallest absolute Gasteiger partial charge is 0.330 e. The summed E-state index contributed by atoms with van der Waals surface area (Å²) in [4.78, 5) is 25.1. The van der Waals surface area contributed by atoms with E-state index in [-0.39, 0.29) is 45.7 Å². The van der Waals surface area contributed by atoms with Gasteiger partial charge in [0.05, 0.1) is 12.5 Å². The van der Waals surface area contributed by atoms with Gasteiger partial charge in [-0.05, 0) is 33.2 Å². The second-order valence-electron chi connectivity index (χ2n) is 10.1. The third-order valence-electron chi connectivity index (χ3n) is 8.18. The van der Waals surface area contributed by atoms with Crippen LogP contribution in [-0.2, 0) is 19.1 Å². The highest BCUT2D eigenvalue weighted by Gasteiger charge is 2.49. The Morgan fingerprint density at radius 1 is 0.528 bits per heavy atom. The molecule has 0 rings (SSSR count). The Kier molecular flexibility index (Phi) is 18.7. The molecular weight excluding hydrogens is 621 g/mol. The van der Waals surface area contributed by atoms with E-state index in [9.17, 15) is 9.59 Å². The number of halogens is 6. The number of rotatable bonds is 18. The Morgan fingerprint density at radius 2 is 0.722 bits per heavy atom. The van der Waals surface area contributed by atoms with Gasteiger partial charge >= 0.3 is 11.9 Å². The Balaban J connectivity index is 5.52. The van der Waals surface area contributed by atoms with E-state index >= 15 is 0 Å². The third kappa shape index (κ3) is 9.21. The molecule has 212 valence electrons. The van der Waals surface area contributed by atoms with Crippen molar-refractivity contribution in [3.63, 3.8) is 0 Å². The number of alkyl halides is 6. The fourth-order valence-electron chi connectivity index (χ4n) is 5.25. The van der Waals surface area contributed by atoms with Crippen LogP contribution in [-0.4, -0.2) is 75.8 Å². The van der Waals surface area contributed by atoms with Crippen LogP contribution in [0.3, 0.4) is 0 Å². The summed E-state index contributed by atoms with van der Waals surface area (Å²) in [5.74, 6) is 1.37. The van der Waals surface area contributed by atoms with Crippen LogP contribution in [0.4, 0.5) is 0 Å². The van der Waals surface area contributed by atoms with Gasteiger partial charge in [0.2, 0.25) is 0 Å². The molecule has 0 saturated carbocycles. The predicted molar refractivity (Wildman–Crippen MR) is 163 cm³/mol. The van der Waals surface area contributed by atoms with E-state index in [0.29, 0.717) is 35.3 Å². The summed E-state index contributed by atoms with van der Waals surface area (Å²) in [6.07, 6.45) is 2.66. The predicted octanol–water partition coefficient (Wildman–Crippen LogP) is 8.38. The number of hydrogen-bond donors (Lipinski definition) is 0. The lowest BCUT2D eigenvalue weighted by Gasteiger charge is -2.44. The van der Waals surface area contributed by atoms with Crippen LogP contribution in [0.1, 0.15) is 41.5 Å². The quantitative estimate of drug-likeness (QED) is 0.0640. The zero-order valence-electron chi connectivity index (χ0n) is 22.2. The third-order valence-corrected chi connectivity index (χ3v) is 26.0. The standard InChI is InChI=1S/C24H42Cl6O4Si2/c1-17(9-25)35(18(2)10-26,19(3)11-27)15-33-23(31)7-8-24(32)34-16-36(20(4)12-28,21(5)13-29)22(6)14-30/h7-8,17-22H,9-16H2,1-6H3/b8-7+. The normalized spacial score (nSPS) is 20.4. The van der Waals surface area contributed by atoms with Gasteiger partial charge in [0.1, 0.15) is 16.1 Å². The van der Waals surface area contributed by atoms with Crippen LogP contribution in [0.25, 0.3) is 0 Å². The number of carbonyl (C=O) groups excluding carboxylic acids is 2. The molecule has 0 bridgehead atoms. The number of esters is 2. The van der Waals surface area contributed by atoms with Gasteiger partial charge in [-0.2, -0.15) is 0 Å². The zero-order chi connectivity index (χ0) is 28.1. The number of ether oxygens (including phenoxy) is 2. The first kappa shape index (κ1) is 36.9. The molecule has 0 saturated heterocycles. The first-order chi connectivity index (χ1) is 16.9. The van der Waals surface area contributed by atoms with Crippen LogP contribution < -0.4 is 0 Å². The largest absolute Gasteiger partial charge is 0.466 e. The highest BCUT2D eigenvalue weighted by molar-refractivity contribution is 6.85. The lowest BCUT2D eigenvalue weighted by atomic mass is 10.5. The van der Waals surface area contributed by atoms with E-state index in [2.05, 4.69) is 41.5 Å². The number of carbonyl (C=O) groups is 2. The molecule has 4 nitrogen and oxygen atoms in total. The van der Waals surface area contributed by atoms with Crippen molar-refractivity contribution in [2.45, 2.75) is 74.8 Å². The molecule has 0 radical (unpaired) electrons. The summed E-state index contributed by atoms with van der Waals surface area (Å²) in [5.41, 5.74) is 0.824. The second-order valence-corrected chi connectivity index (χ2v) is 22.9. The molecule has 6 unspecified atom stereocenters. The molecule has 6 atom stereocenters. The van der Waals surface area contributed by atoms with Crippen LogP contribution in [0.5, 0.6) is 0 Å². The van der Waals surface area contributed by atoms with Crippen molar-refractivity contribution < 1.29 is 19.1 Å². The van der Waals surface area contributed by atoms with Crippen LogP contribution in [0, 0.1) is 0 Å². The molecule has 0 heterocycles. The highest BCUT2D eigenvalue weighted by atomic mass is 35.5. The number of hydrogen-bond acceptors (Lipinski definition) is 4. The fraction of sp³-hybridized carbons (Fsp3) is 0.833. The van der Waals surface area contributed by atoms with Crippen molar-refractivity contribution in [3.05, 3.63) is 12.2 Å². The minimum absolute atomic E-state index is 0.137. The van der Waals surface area contributed by atoms with E-state index in [1.165, 1.54) is 0 Å².